The third-order valence-electron chi connectivity index (χ3n) is 3.07. The Morgan fingerprint density at radius 3 is 2.68 bits per heavy atom. The third-order valence-corrected chi connectivity index (χ3v) is 3.88. The Kier molecular flexibility index (Phi) is 6.31. The van der Waals surface area contributed by atoms with Crippen LogP contribution in [-0.4, -0.2) is 34.5 Å². The summed E-state index contributed by atoms with van der Waals surface area (Å²) < 4.78 is 16.2. The van der Waals surface area contributed by atoms with Gasteiger partial charge in [-0.15, -0.1) is 0 Å². The minimum Gasteiger partial charge on any atom is -0.508 e. The average molecular weight is 285 g/mol. The molecule has 0 aliphatic rings. The molecule has 0 aliphatic heterocycles. The van der Waals surface area contributed by atoms with Gasteiger partial charge < -0.3 is 15.2 Å². The van der Waals surface area contributed by atoms with Gasteiger partial charge in [0.05, 0.1) is 7.11 Å². The summed E-state index contributed by atoms with van der Waals surface area (Å²) in [5.74, 6) is 1.67. The Morgan fingerprint density at radius 2 is 2.11 bits per heavy atom. The molecule has 1 aromatic carbocycles. The second kappa shape index (κ2) is 7.50. The van der Waals surface area contributed by atoms with E-state index in [0.717, 1.165) is 17.7 Å². The molecule has 0 heterocycles. The number of hydrogen-bond acceptors (Lipinski definition) is 4. The van der Waals surface area contributed by atoms with Crippen LogP contribution >= 0.6 is 0 Å². The number of rotatable bonds is 7. The fraction of sp³-hybridized carbons (Fsp3) is 0.571. The molecule has 108 valence electrons. The SMILES string of the molecule is COc1ccc(O)c(C(C)NC(C)CCS(C)=O)c1. The van der Waals surface area contributed by atoms with Gasteiger partial charge in [0.15, 0.2) is 0 Å². The molecule has 0 bridgehead atoms. The molecular weight excluding hydrogens is 262 g/mol. The van der Waals surface area contributed by atoms with Gasteiger partial charge in [-0.05, 0) is 38.5 Å². The highest BCUT2D eigenvalue weighted by Crippen LogP contribution is 2.28. The van der Waals surface area contributed by atoms with Crippen LogP contribution in [0.3, 0.4) is 0 Å². The number of methoxy groups -OCH3 is 1. The molecule has 0 saturated heterocycles. The molecule has 4 nitrogen and oxygen atoms in total. The molecule has 0 fully saturated rings. The van der Waals surface area contributed by atoms with Crippen molar-refractivity contribution < 1.29 is 14.1 Å². The first-order valence-corrected chi connectivity index (χ1v) is 8.09. The van der Waals surface area contributed by atoms with Crippen LogP contribution in [0.1, 0.15) is 31.9 Å². The predicted octanol–water partition coefficient (Wildman–Crippen LogP) is 2.21. The van der Waals surface area contributed by atoms with Gasteiger partial charge in [-0.2, -0.15) is 0 Å². The molecule has 0 amide bonds. The minimum atomic E-state index is -0.764. The topological polar surface area (TPSA) is 58.6 Å². The zero-order valence-electron chi connectivity index (χ0n) is 12.0. The second-order valence-corrected chi connectivity index (χ2v) is 6.33. The van der Waals surface area contributed by atoms with Crippen LogP contribution in [-0.2, 0) is 10.8 Å². The van der Waals surface area contributed by atoms with Crippen LogP contribution in [0.2, 0.25) is 0 Å². The van der Waals surface area contributed by atoms with Gasteiger partial charge in [0.2, 0.25) is 0 Å². The van der Waals surface area contributed by atoms with Gasteiger partial charge in [-0.25, -0.2) is 0 Å². The van der Waals surface area contributed by atoms with E-state index in [9.17, 15) is 9.32 Å². The molecule has 0 aromatic heterocycles. The van der Waals surface area contributed by atoms with E-state index < -0.39 is 10.8 Å². The lowest BCUT2D eigenvalue weighted by molar-refractivity contribution is 0.403. The fourth-order valence-corrected chi connectivity index (χ4v) is 2.63. The highest BCUT2D eigenvalue weighted by Gasteiger charge is 2.14. The molecule has 0 saturated carbocycles. The van der Waals surface area contributed by atoms with Crippen LogP contribution in [0, 0.1) is 0 Å². The summed E-state index contributed by atoms with van der Waals surface area (Å²) in [6.45, 7) is 4.05. The molecule has 2 N–H and O–H groups in total. The number of nitrogens with one attached hydrogen (secondary N) is 1. The van der Waals surface area contributed by atoms with Crippen molar-refractivity contribution in [3.05, 3.63) is 23.8 Å². The van der Waals surface area contributed by atoms with E-state index >= 15 is 0 Å². The van der Waals surface area contributed by atoms with Crippen LogP contribution in [0.25, 0.3) is 0 Å². The Labute approximate surface area is 117 Å². The molecule has 19 heavy (non-hydrogen) atoms. The maximum Gasteiger partial charge on any atom is 0.120 e. The number of aromatic hydroxyl groups is 1. The predicted molar refractivity (Wildman–Crippen MR) is 79.2 cm³/mol. The van der Waals surface area contributed by atoms with Gasteiger partial charge in [-0.3, -0.25) is 4.21 Å². The van der Waals surface area contributed by atoms with Crippen LogP contribution in [0.15, 0.2) is 18.2 Å². The van der Waals surface area contributed by atoms with Crippen molar-refractivity contribution in [2.24, 2.45) is 0 Å². The molecule has 3 unspecified atom stereocenters. The highest BCUT2D eigenvalue weighted by atomic mass is 32.2. The van der Waals surface area contributed by atoms with Crippen molar-refractivity contribution in [3.8, 4) is 11.5 Å². The lowest BCUT2D eigenvalue weighted by atomic mass is 10.1. The van der Waals surface area contributed by atoms with E-state index in [1.165, 1.54) is 0 Å². The summed E-state index contributed by atoms with van der Waals surface area (Å²) in [4.78, 5) is 0. The lowest BCUT2D eigenvalue weighted by Gasteiger charge is -2.21. The Balaban J connectivity index is 2.66. The van der Waals surface area contributed by atoms with Crippen LogP contribution in [0.4, 0.5) is 0 Å². The number of hydrogen-bond donors (Lipinski definition) is 2. The van der Waals surface area contributed by atoms with Gasteiger partial charge in [0.1, 0.15) is 11.5 Å². The lowest BCUT2D eigenvalue weighted by Crippen LogP contribution is -2.30. The van der Waals surface area contributed by atoms with Crippen LogP contribution < -0.4 is 10.1 Å². The number of phenols is 1. The normalized spacial score (nSPS) is 15.8. The zero-order chi connectivity index (χ0) is 14.4. The van der Waals surface area contributed by atoms with Crippen molar-refractivity contribution in [1.82, 2.24) is 5.32 Å². The van der Waals surface area contributed by atoms with E-state index in [1.807, 2.05) is 13.0 Å². The minimum absolute atomic E-state index is 0.00962. The third kappa shape index (κ3) is 5.20. The van der Waals surface area contributed by atoms with Crippen molar-refractivity contribution >= 4 is 10.8 Å². The number of ether oxygens (including phenoxy) is 1. The van der Waals surface area contributed by atoms with E-state index in [-0.39, 0.29) is 17.8 Å². The molecule has 0 aliphatic carbocycles. The Bertz CT molecular complexity index is 437. The van der Waals surface area contributed by atoms with Crippen molar-refractivity contribution in [2.75, 3.05) is 19.1 Å². The number of benzene rings is 1. The summed E-state index contributed by atoms with van der Waals surface area (Å²) in [5, 5.41) is 13.3. The largest absolute Gasteiger partial charge is 0.508 e. The summed E-state index contributed by atoms with van der Waals surface area (Å²) in [7, 11) is 0.840. The van der Waals surface area contributed by atoms with E-state index in [2.05, 4.69) is 12.2 Å². The quantitative estimate of drug-likeness (QED) is 0.806. The van der Waals surface area contributed by atoms with E-state index in [4.69, 9.17) is 4.74 Å². The van der Waals surface area contributed by atoms with Crippen molar-refractivity contribution in [3.63, 3.8) is 0 Å². The Hall–Kier alpha value is -1.07. The number of phenolic OH excluding ortho intramolecular Hbond substituents is 1. The van der Waals surface area contributed by atoms with Gasteiger partial charge in [0.25, 0.3) is 0 Å². The van der Waals surface area contributed by atoms with Crippen molar-refractivity contribution in [1.29, 1.82) is 0 Å². The molecule has 0 spiro atoms. The van der Waals surface area contributed by atoms with Gasteiger partial charge >= 0.3 is 0 Å². The Morgan fingerprint density at radius 1 is 1.42 bits per heavy atom. The standard InChI is InChI=1S/C14H23NO3S/c1-10(7-8-19(4)17)15-11(2)13-9-12(18-3)5-6-14(13)16/h5-6,9-11,15-16H,7-8H2,1-4H3. The molecule has 3 atom stereocenters. The van der Waals surface area contributed by atoms with Crippen LogP contribution in [0.5, 0.6) is 11.5 Å². The summed E-state index contributed by atoms with van der Waals surface area (Å²) in [5.41, 5.74) is 0.809. The molecule has 1 aromatic rings. The smallest absolute Gasteiger partial charge is 0.120 e. The maximum atomic E-state index is 11.1. The second-order valence-electron chi connectivity index (χ2n) is 4.78. The molecule has 1 rings (SSSR count). The first kappa shape index (κ1) is 16.0. The van der Waals surface area contributed by atoms with Crippen molar-refractivity contribution in [2.45, 2.75) is 32.4 Å². The summed E-state index contributed by atoms with van der Waals surface area (Å²) in [6, 6.07) is 5.45. The maximum absolute atomic E-state index is 11.1. The highest BCUT2D eigenvalue weighted by molar-refractivity contribution is 7.84. The summed E-state index contributed by atoms with van der Waals surface area (Å²) in [6.07, 6.45) is 2.56. The molecule has 0 radical (unpaired) electrons. The van der Waals surface area contributed by atoms with E-state index in [1.54, 1.807) is 25.5 Å². The van der Waals surface area contributed by atoms with E-state index in [0.29, 0.717) is 5.75 Å². The molecule has 5 heteroatoms. The summed E-state index contributed by atoms with van der Waals surface area (Å²) >= 11 is 0. The average Bonchev–Trinajstić information content (AvgIpc) is 2.36. The van der Waals surface area contributed by atoms with Gasteiger partial charge in [0, 0.05) is 40.5 Å². The monoisotopic (exact) mass is 285 g/mol. The molecular formula is C14H23NO3S. The first-order valence-electron chi connectivity index (χ1n) is 6.37. The zero-order valence-corrected chi connectivity index (χ0v) is 12.8. The van der Waals surface area contributed by atoms with Gasteiger partial charge in [-0.1, -0.05) is 0 Å². The first-order chi connectivity index (χ1) is 8.93. The fourth-order valence-electron chi connectivity index (χ4n) is 1.95.